The van der Waals surface area contributed by atoms with Gasteiger partial charge in [-0.2, -0.15) is 0 Å². The molecule has 1 amide bonds. The van der Waals surface area contributed by atoms with Crippen LogP contribution in [-0.4, -0.2) is 32.5 Å². The van der Waals surface area contributed by atoms with Crippen LogP contribution in [0.3, 0.4) is 0 Å². The molecule has 0 saturated carbocycles. The minimum absolute atomic E-state index is 0.0556. The molecule has 2 aromatic carbocycles. The molecule has 120 valence electrons. The van der Waals surface area contributed by atoms with Gasteiger partial charge in [-0.3, -0.25) is 4.79 Å². The van der Waals surface area contributed by atoms with E-state index in [4.69, 9.17) is 9.84 Å². The topological polar surface area (TPSA) is 110 Å². The van der Waals surface area contributed by atoms with Crippen molar-refractivity contribution in [3.05, 3.63) is 59.7 Å². The summed E-state index contributed by atoms with van der Waals surface area (Å²) in [5, 5.41) is 8.80. The molecule has 0 aromatic heterocycles. The van der Waals surface area contributed by atoms with Crippen LogP contribution in [0, 0.1) is 0 Å². The van der Waals surface area contributed by atoms with Crippen molar-refractivity contribution in [2.24, 2.45) is 0 Å². The summed E-state index contributed by atoms with van der Waals surface area (Å²) in [6, 6.07) is 10.7. The maximum Gasteiger partial charge on any atom is 0.335 e. The van der Waals surface area contributed by atoms with Gasteiger partial charge in [0, 0.05) is 0 Å². The maximum absolute atomic E-state index is 12.2. The summed E-state index contributed by atoms with van der Waals surface area (Å²) in [6.45, 7) is 0. The van der Waals surface area contributed by atoms with Gasteiger partial charge in [-0.15, -0.1) is 0 Å². The zero-order valence-corrected chi connectivity index (χ0v) is 12.8. The monoisotopic (exact) mass is 335 g/mol. The molecule has 8 heteroatoms. The second-order valence-corrected chi connectivity index (χ2v) is 6.15. The van der Waals surface area contributed by atoms with Crippen LogP contribution >= 0.6 is 0 Å². The van der Waals surface area contributed by atoms with Crippen LogP contribution in [0.1, 0.15) is 20.7 Å². The number of benzene rings is 2. The van der Waals surface area contributed by atoms with Crippen molar-refractivity contribution in [3.63, 3.8) is 0 Å². The Balaban J connectivity index is 2.27. The second kappa shape index (κ2) is 6.49. The molecule has 0 radical (unpaired) electrons. The number of para-hydroxylation sites is 1. The van der Waals surface area contributed by atoms with Crippen molar-refractivity contribution in [1.29, 1.82) is 0 Å². The van der Waals surface area contributed by atoms with Crippen molar-refractivity contribution < 1.29 is 27.9 Å². The number of hydrogen-bond donors (Lipinski definition) is 2. The Morgan fingerprint density at radius 2 is 1.65 bits per heavy atom. The Kier molecular flexibility index (Phi) is 4.65. The van der Waals surface area contributed by atoms with E-state index in [1.165, 1.54) is 19.2 Å². The van der Waals surface area contributed by atoms with E-state index >= 15 is 0 Å². The molecule has 0 spiro atoms. The average molecular weight is 335 g/mol. The highest BCUT2D eigenvalue weighted by atomic mass is 32.2. The van der Waals surface area contributed by atoms with Crippen LogP contribution in [-0.2, 0) is 10.0 Å². The average Bonchev–Trinajstić information content (AvgIpc) is 2.54. The van der Waals surface area contributed by atoms with E-state index < -0.39 is 21.9 Å². The Bertz CT molecular complexity index is 843. The van der Waals surface area contributed by atoms with Gasteiger partial charge in [0.25, 0.3) is 15.9 Å². The number of ether oxygens (including phenoxy) is 1. The van der Waals surface area contributed by atoms with Gasteiger partial charge in [0.1, 0.15) is 5.75 Å². The Hall–Kier alpha value is -2.87. The zero-order chi connectivity index (χ0) is 17.0. The Morgan fingerprint density at radius 1 is 1.04 bits per heavy atom. The first-order valence-corrected chi connectivity index (χ1v) is 7.87. The van der Waals surface area contributed by atoms with Gasteiger partial charge in [0.15, 0.2) is 0 Å². The number of carboxylic acids is 1. The number of sulfonamides is 1. The molecule has 0 aliphatic rings. The number of carbonyl (C=O) groups is 2. The number of carboxylic acid groups (broad SMARTS) is 1. The predicted molar refractivity (Wildman–Crippen MR) is 81.0 cm³/mol. The molecule has 0 atom stereocenters. The van der Waals surface area contributed by atoms with Crippen LogP contribution in [0.2, 0.25) is 0 Å². The molecule has 0 heterocycles. The predicted octanol–water partition coefficient (Wildman–Crippen LogP) is 1.51. The molecule has 0 bridgehead atoms. The Morgan fingerprint density at radius 3 is 2.22 bits per heavy atom. The lowest BCUT2D eigenvalue weighted by Gasteiger charge is -2.10. The van der Waals surface area contributed by atoms with Gasteiger partial charge in [-0.1, -0.05) is 12.1 Å². The smallest absolute Gasteiger partial charge is 0.335 e. The number of carbonyl (C=O) groups excluding carboxylic acids is 1. The molecule has 0 fully saturated rings. The molecular formula is C15H13NO6S. The lowest BCUT2D eigenvalue weighted by atomic mass is 10.2. The van der Waals surface area contributed by atoms with Crippen LogP contribution < -0.4 is 9.46 Å². The summed E-state index contributed by atoms with van der Waals surface area (Å²) in [6.07, 6.45) is 0. The molecule has 0 aliphatic carbocycles. The fourth-order valence-electron chi connectivity index (χ4n) is 1.84. The van der Waals surface area contributed by atoms with Crippen molar-refractivity contribution in [2.75, 3.05) is 7.11 Å². The zero-order valence-electron chi connectivity index (χ0n) is 12.0. The third-order valence-corrected chi connectivity index (χ3v) is 4.34. The van der Waals surface area contributed by atoms with Crippen molar-refractivity contribution in [1.82, 2.24) is 4.72 Å². The van der Waals surface area contributed by atoms with Gasteiger partial charge in [0.05, 0.1) is 23.1 Å². The molecule has 2 rings (SSSR count). The molecule has 0 saturated heterocycles. The van der Waals surface area contributed by atoms with Gasteiger partial charge in [-0.25, -0.2) is 17.9 Å². The van der Waals surface area contributed by atoms with E-state index in [-0.39, 0.29) is 21.8 Å². The van der Waals surface area contributed by atoms with Crippen LogP contribution in [0.25, 0.3) is 0 Å². The largest absolute Gasteiger partial charge is 0.496 e. The van der Waals surface area contributed by atoms with Gasteiger partial charge >= 0.3 is 5.97 Å². The third kappa shape index (κ3) is 3.67. The fourth-order valence-corrected chi connectivity index (χ4v) is 2.81. The fraction of sp³-hybridized carbons (Fsp3) is 0.0667. The summed E-state index contributed by atoms with van der Waals surface area (Å²) < 4.78 is 31.3. The molecule has 23 heavy (non-hydrogen) atoms. The van der Waals surface area contributed by atoms with E-state index in [2.05, 4.69) is 0 Å². The second-order valence-electron chi connectivity index (χ2n) is 4.46. The van der Waals surface area contributed by atoms with Crippen LogP contribution in [0.4, 0.5) is 0 Å². The van der Waals surface area contributed by atoms with E-state index in [0.29, 0.717) is 0 Å². The Labute approximate surface area is 132 Å². The molecule has 0 unspecified atom stereocenters. The minimum atomic E-state index is -4.12. The molecule has 2 aromatic rings. The number of methoxy groups -OCH3 is 1. The number of nitrogens with one attached hydrogen (secondary N) is 1. The quantitative estimate of drug-likeness (QED) is 0.857. The van der Waals surface area contributed by atoms with E-state index in [9.17, 15) is 18.0 Å². The highest BCUT2D eigenvalue weighted by Gasteiger charge is 2.21. The van der Waals surface area contributed by atoms with Crippen molar-refractivity contribution in [2.45, 2.75) is 4.90 Å². The summed E-state index contributed by atoms with van der Waals surface area (Å²) in [5.74, 6) is -1.78. The molecule has 2 N–H and O–H groups in total. The lowest BCUT2D eigenvalue weighted by Crippen LogP contribution is -2.30. The van der Waals surface area contributed by atoms with E-state index in [1.807, 2.05) is 4.72 Å². The number of amides is 1. The number of aromatic carboxylic acids is 1. The van der Waals surface area contributed by atoms with E-state index in [0.717, 1.165) is 24.3 Å². The van der Waals surface area contributed by atoms with Crippen molar-refractivity contribution in [3.8, 4) is 5.75 Å². The summed E-state index contributed by atoms with van der Waals surface area (Å²) >= 11 is 0. The van der Waals surface area contributed by atoms with Crippen molar-refractivity contribution >= 4 is 21.9 Å². The maximum atomic E-state index is 12.2. The molecular weight excluding hydrogens is 322 g/mol. The summed E-state index contributed by atoms with van der Waals surface area (Å²) in [7, 11) is -2.76. The summed E-state index contributed by atoms with van der Waals surface area (Å²) in [4.78, 5) is 22.7. The minimum Gasteiger partial charge on any atom is -0.496 e. The summed E-state index contributed by atoms with van der Waals surface area (Å²) in [5.41, 5.74) is 0.0146. The first-order chi connectivity index (χ1) is 10.8. The van der Waals surface area contributed by atoms with Gasteiger partial charge in [-0.05, 0) is 36.4 Å². The highest BCUT2D eigenvalue weighted by Crippen LogP contribution is 2.18. The SMILES string of the molecule is COc1ccccc1C(=O)NS(=O)(=O)c1ccc(C(=O)O)cc1. The highest BCUT2D eigenvalue weighted by molar-refractivity contribution is 7.90. The van der Waals surface area contributed by atoms with Gasteiger partial charge < -0.3 is 9.84 Å². The third-order valence-electron chi connectivity index (χ3n) is 2.99. The first-order valence-electron chi connectivity index (χ1n) is 6.38. The van der Waals surface area contributed by atoms with E-state index in [1.54, 1.807) is 12.1 Å². The number of hydrogen-bond acceptors (Lipinski definition) is 5. The molecule has 7 nitrogen and oxygen atoms in total. The van der Waals surface area contributed by atoms with Crippen LogP contribution in [0.5, 0.6) is 5.75 Å². The van der Waals surface area contributed by atoms with Crippen LogP contribution in [0.15, 0.2) is 53.4 Å². The normalized spacial score (nSPS) is 10.8. The standard InChI is InChI=1S/C15H13NO6S/c1-22-13-5-3-2-4-12(13)14(17)16-23(20,21)11-8-6-10(7-9-11)15(18)19/h2-9H,1H3,(H,16,17)(H,18,19). The van der Waals surface area contributed by atoms with Gasteiger partial charge in [0.2, 0.25) is 0 Å². The lowest BCUT2D eigenvalue weighted by molar-refractivity contribution is 0.0696. The number of rotatable bonds is 5. The molecule has 0 aliphatic heterocycles. The first kappa shape index (κ1) is 16.5.